The van der Waals surface area contributed by atoms with Crippen LogP contribution in [0.1, 0.15) is 12.8 Å². The van der Waals surface area contributed by atoms with Gasteiger partial charge >= 0.3 is 5.76 Å². The van der Waals surface area contributed by atoms with E-state index in [9.17, 15) is 26.4 Å². The van der Waals surface area contributed by atoms with Gasteiger partial charge in [-0.3, -0.25) is 9.36 Å². The number of carbonyl (C=O) groups is 1. The van der Waals surface area contributed by atoms with Crippen LogP contribution < -0.4 is 10.9 Å². The molecule has 1 unspecified atom stereocenters. The second-order valence-corrected chi connectivity index (χ2v) is 10.3. The maximum Gasteiger partial charge on any atom is 0.419 e. The number of carbonyl (C=O) groups excluding carboxylic acids is 1. The van der Waals surface area contributed by atoms with Gasteiger partial charge < -0.3 is 9.32 Å². The van der Waals surface area contributed by atoms with Crippen molar-refractivity contribution in [3.63, 3.8) is 0 Å². The zero-order valence-electron chi connectivity index (χ0n) is 14.5. The first-order valence-electron chi connectivity index (χ1n) is 8.10. The van der Waals surface area contributed by atoms with Crippen LogP contribution in [0.3, 0.4) is 0 Å². The van der Waals surface area contributed by atoms with E-state index in [0.717, 1.165) is 6.07 Å². The zero-order chi connectivity index (χ0) is 20.0. The quantitative estimate of drug-likeness (QED) is 0.674. The van der Waals surface area contributed by atoms with Gasteiger partial charge in [0.05, 0.1) is 21.9 Å². The van der Waals surface area contributed by atoms with Gasteiger partial charge in [0, 0.05) is 32.1 Å². The lowest BCUT2D eigenvalue weighted by Crippen LogP contribution is -2.38. The number of aryl methyl sites for hydroxylation is 1. The Hall–Kier alpha value is -2.18. The van der Waals surface area contributed by atoms with Crippen molar-refractivity contribution in [1.82, 2.24) is 9.47 Å². The van der Waals surface area contributed by atoms with E-state index in [1.165, 1.54) is 21.6 Å². The maximum absolute atomic E-state index is 12.4. The Morgan fingerprint density at radius 3 is 2.70 bits per heavy atom. The number of nitrogens with zero attached hydrogens (tertiary/aromatic N) is 2. The van der Waals surface area contributed by atoms with Crippen molar-refractivity contribution in [3.05, 3.63) is 28.7 Å². The number of nitrogens with two attached hydrogens (primary N) is 1. The molecule has 1 aromatic heterocycles. The van der Waals surface area contributed by atoms with Crippen molar-refractivity contribution < 1.29 is 26.0 Å². The van der Waals surface area contributed by atoms with Gasteiger partial charge in [-0.15, -0.1) is 0 Å². The molecule has 0 saturated carbocycles. The number of fused-ring (bicyclic) bond motifs is 1. The molecule has 2 aromatic rings. The highest BCUT2D eigenvalue weighted by molar-refractivity contribution is 7.91. The summed E-state index contributed by atoms with van der Waals surface area (Å²) in [5, 5.41) is 5.06. The first-order chi connectivity index (χ1) is 12.5. The van der Waals surface area contributed by atoms with Gasteiger partial charge in [0.1, 0.15) is 0 Å². The molecule has 3 rings (SSSR count). The van der Waals surface area contributed by atoms with Crippen LogP contribution in [0, 0.1) is 0 Å². The third kappa shape index (κ3) is 4.06. The highest BCUT2D eigenvalue weighted by Crippen LogP contribution is 2.19. The van der Waals surface area contributed by atoms with Crippen LogP contribution in [-0.4, -0.2) is 56.8 Å². The molecule has 10 nitrogen and oxygen atoms in total. The monoisotopic (exact) mass is 417 g/mol. The molecule has 2 N–H and O–H groups in total. The molecule has 0 spiro atoms. The summed E-state index contributed by atoms with van der Waals surface area (Å²) >= 11 is 0. The average molecular weight is 417 g/mol. The van der Waals surface area contributed by atoms with Crippen LogP contribution in [0.5, 0.6) is 0 Å². The lowest BCUT2D eigenvalue weighted by atomic mass is 10.2. The van der Waals surface area contributed by atoms with E-state index in [-0.39, 0.29) is 46.9 Å². The van der Waals surface area contributed by atoms with Crippen molar-refractivity contribution >= 4 is 36.9 Å². The van der Waals surface area contributed by atoms with Crippen LogP contribution in [0.4, 0.5) is 0 Å². The normalized spacial score (nSPS) is 19.4. The SMILES string of the molecule is CN(C(=O)CCn1c(=O)oc2cc(S(N)(=O)=O)ccc21)C1CCS(=O)(=O)C1. The summed E-state index contributed by atoms with van der Waals surface area (Å²) in [6, 6.07) is 3.43. The molecule has 1 aliphatic heterocycles. The molecule has 12 heteroatoms. The molecule has 1 saturated heterocycles. The Bertz CT molecular complexity index is 1160. The minimum Gasteiger partial charge on any atom is -0.408 e. The number of amides is 1. The number of sulfonamides is 1. The Morgan fingerprint density at radius 1 is 1.41 bits per heavy atom. The Kier molecular flexibility index (Phi) is 4.91. The number of benzene rings is 1. The van der Waals surface area contributed by atoms with Gasteiger partial charge in [0.25, 0.3) is 0 Å². The number of hydrogen-bond donors (Lipinski definition) is 1. The predicted molar refractivity (Wildman–Crippen MR) is 96.3 cm³/mol. The van der Waals surface area contributed by atoms with Gasteiger partial charge in [-0.05, 0) is 18.6 Å². The smallest absolute Gasteiger partial charge is 0.408 e. The fourth-order valence-corrected chi connectivity index (χ4v) is 5.41. The van der Waals surface area contributed by atoms with E-state index in [1.54, 1.807) is 7.05 Å². The fraction of sp³-hybridized carbons (Fsp3) is 0.467. The van der Waals surface area contributed by atoms with Crippen LogP contribution in [-0.2, 0) is 31.2 Å². The first-order valence-corrected chi connectivity index (χ1v) is 11.5. The highest BCUT2D eigenvalue weighted by atomic mass is 32.2. The molecule has 1 aliphatic rings. The first kappa shape index (κ1) is 19.6. The van der Waals surface area contributed by atoms with Gasteiger partial charge in [-0.2, -0.15) is 0 Å². The van der Waals surface area contributed by atoms with E-state index in [4.69, 9.17) is 9.56 Å². The summed E-state index contributed by atoms with van der Waals surface area (Å²) in [4.78, 5) is 25.6. The Labute approximate surface area is 155 Å². The molecule has 1 atom stereocenters. The number of hydrogen-bond acceptors (Lipinski definition) is 7. The molecule has 1 aromatic carbocycles. The number of rotatable bonds is 5. The van der Waals surface area contributed by atoms with Gasteiger partial charge in [-0.25, -0.2) is 26.8 Å². The lowest BCUT2D eigenvalue weighted by Gasteiger charge is -2.23. The van der Waals surface area contributed by atoms with Crippen LogP contribution in [0.2, 0.25) is 0 Å². The summed E-state index contributed by atoms with van der Waals surface area (Å²) < 4.78 is 52.1. The van der Waals surface area contributed by atoms with Gasteiger partial charge in [0.15, 0.2) is 15.4 Å². The third-order valence-corrected chi connectivity index (χ3v) is 7.33. The van der Waals surface area contributed by atoms with Crippen molar-refractivity contribution in [2.75, 3.05) is 18.6 Å². The zero-order valence-corrected chi connectivity index (χ0v) is 16.1. The number of primary sulfonamides is 1. The molecule has 0 bridgehead atoms. The fourth-order valence-electron chi connectivity index (χ4n) is 3.10. The predicted octanol–water partition coefficient (Wildman–Crippen LogP) is -0.722. The van der Waals surface area contributed by atoms with Crippen LogP contribution in [0.25, 0.3) is 11.1 Å². The number of aromatic nitrogens is 1. The van der Waals surface area contributed by atoms with Crippen molar-refractivity contribution in [2.45, 2.75) is 30.3 Å². The van der Waals surface area contributed by atoms with E-state index < -0.39 is 25.6 Å². The van der Waals surface area contributed by atoms with E-state index >= 15 is 0 Å². The average Bonchev–Trinajstić information content (AvgIpc) is 3.09. The minimum absolute atomic E-state index is 0.0171. The number of oxazole rings is 1. The van der Waals surface area contributed by atoms with Crippen molar-refractivity contribution in [1.29, 1.82) is 0 Å². The molecule has 1 amide bonds. The van der Waals surface area contributed by atoms with E-state index in [0.29, 0.717) is 11.9 Å². The summed E-state index contributed by atoms with van der Waals surface area (Å²) in [6.07, 6.45) is 0.369. The standard InChI is InChI=1S/C15H19N3O7S2/c1-17(10-5-7-26(21,22)9-10)14(19)4-6-18-12-3-2-11(27(16,23)24)8-13(12)25-15(18)20/h2-3,8,10H,4-7,9H2,1H3,(H2,16,23,24). The molecule has 0 radical (unpaired) electrons. The largest absolute Gasteiger partial charge is 0.419 e. The maximum atomic E-state index is 12.4. The summed E-state index contributed by atoms with van der Waals surface area (Å²) in [7, 11) is -5.50. The van der Waals surface area contributed by atoms with Crippen molar-refractivity contribution in [3.8, 4) is 0 Å². The second-order valence-electron chi connectivity index (χ2n) is 6.51. The van der Waals surface area contributed by atoms with Gasteiger partial charge in [0.2, 0.25) is 15.9 Å². The van der Waals surface area contributed by atoms with E-state index in [1.807, 2.05) is 0 Å². The molecule has 0 aliphatic carbocycles. The molecule has 2 heterocycles. The minimum atomic E-state index is -3.94. The Balaban J connectivity index is 1.76. The molecular weight excluding hydrogens is 398 g/mol. The third-order valence-electron chi connectivity index (χ3n) is 4.67. The van der Waals surface area contributed by atoms with Crippen molar-refractivity contribution in [2.24, 2.45) is 5.14 Å². The molecule has 1 fully saturated rings. The van der Waals surface area contributed by atoms with Gasteiger partial charge in [-0.1, -0.05) is 0 Å². The van der Waals surface area contributed by atoms with E-state index in [2.05, 4.69) is 0 Å². The molecule has 148 valence electrons. The number of sulfone groups is 1. The topological polar surface area (TPSA) is 150 Å². The second kappa shape index (κ2) is 6.77. The molecular formula is C15H19N3O7S2. The summed E-state index contributed by atoms with van der Waals surface area (Å²) in [5.41, 5.74) is 0.389. The molecule has 27 heavy (non-hydrogen) atoms. The van der Waals surface area contributed by atoms with Crippen LogP contribution >= 0.6 is 0 Å². The summed E-state index contributed by atoms with van der Waals surface area (Å²) in [6.45, 7) is 0.0171. The lowest BCUT2D eigenvalue weighted by molar-refractivity contribution is -0.131. The Morgan fingerprint density at radius 2 is 2.11 bits per heavy atom. The summed E-state index contributed by atoms with van der Waals surface area (Å²) in [5.74, 6) is -1.01. The van der Waals surface area contributed by atoms with Crippen LogP contribution in [0.15, 0.2) is 32.3 Å². The highest BCUT2D eigenvalue weighted by Gasteiger charge is 2.32.